The zero-order valence-electron chi connectivity index (χ0n) is 9.98. The van der Waals surface area contributed by atoms with Gasteiger partial charge in [0.1, 0.15) is 0 Å². The van der Waals surface area contributed by atoms with Crippen molar-refractivity contribution in [2.75, 3.05) is 5.75 Å². The van der Waals surface area contributed by atoms with Gasteiger partial charge in [-0.3, -0.25) is 0 Å². The summed E-state index contributed by atoms with van der Waals surface area (Å²) in [5.74, 6) is 0.293. The van der Waals surface area contributed by atoms with E-state index in [0.29, 0.717) is 18.6 Å². The lowest BCUT2D eigenvalue weighted by atomic mass is 10.0. The van der Waals surface area contributed by atoms with E-state index in [2.05, 4.69) is 15.9 Å². The first-order chi connectivity index (χ1) is 8.49. The second-order valence-corrected chi connectivity index (χ2v) is 8.56. The van der Waals surface area contributed by atoms with Crippen LogP contribution in [0.2, 0.25) is 0 Å². The first-order valence-electron chi connectivity index (χ1n) is 6.09. The lowest BCUT2D eigenvalue weighted by Crippen LogP contribution is -2.36. The summed E-state index contributed by atoms with van der Waals surface area (Å²) in [6, 6.07) is 7.87. The van der Waals surface area contributed by atoms with Gasteiger partial charge in [-0.25, -0.2) is 8.42 Å². The topological polar surface area (TPSA) is 34.1 Å². The van der Waals surface area contributed by atoms with Crippen LogP contribution in [0.15, 0.2) is 28.7 Å². The quantitative estimate of drug-likeness (QED) is 0.780. The van der Waals surface area contributed by atoms with Crippen LogP contribution < -0.4 is 0 Å². The number of rotatable bonds is 3. The molecular formula is C13H16BrClO2S. The van der Waals surface area contributed by atoms with E-state index >= 15 is 0 Å². The Kier molecular flexibility index (Phi) is 4.73. The van der Waals surface area contributed by atoms with Crippen LogP contribution in [0.4, 0.5) is 0 Å². The summed E-state index contributed by atoms with van der Waals surface area (Å²) < 4.78 is 25.0. The maximum atomic E-state index is 12.0. The number of benzene rings is 1. The van der Waals surface area contributed by atoms with Crippen LogP contribution in [0, 0.1) is 0 Å². The van der Waals surface area contributed by atoms with Crippen LogP contribution in [-0.4, -0.2) is 24.8 Å². The number of sulfone groups is 1. The molecule has 2 nitrogen and oxygen atoms in total. The molecule has 1 aromatic rings. The average molecular weight is 352 g/mol. The van der Waals surface area contributed by atoms with Crippen molar-refractivity contribution in [2.24, 2.45) is 0 Å². The highest BCUT2D eigenvalue weighted by Crippen LogP contribution is 2.27. The van der Waals surface area contributed by atoms with Crippen LogP contribution in [0.25, 0.3) is 0 Å². The molecule has 18 heavy (non-hydrogen) atoms. The first-order valence-corrected chi connectivity index (χ1v) is 9.03. The monoisotopic (exact) mass is 350 g/mol. The molecule has 1 aliphatic rings. The molecule has 0 radical (unpaired) electrons. The molecule has 1 saturated heterocycles. The maximum absolute atomic E-state index is 12.0. The van der Waals surface area contributed by atoms with Crippen molar-refractivity contribution in [3.63, 3.8) is 0 Å². The highest BCUT2D eigenvalue weighted by molar-refractivity contribution is 9.10. The maximum Gasteiger partial charge on any atom is 0.154 e. The Labute approximate surface area is 122 Å². The molecule has 1 heterocycles. The van der Waals surface area contributed by atoms with Gasteiger partial charge in [-0.15, -0.1) is 11.6 Å². The van der Waals surface area contributed by atoms with Gasteiger partial charge >= 0.3 is 0 Å². The largest absolute Gasteiger partial charge is 0.228 e. The Balaban J connectivity index is 2.07. The standard InChI is InChI=1S/C13H16BrClO2S/c14-11-6-4-10(5-7-11)9-12(15)13-3-1-2-8-18(13,16)17/h4-7,12-13H,1-3,8-9H2. The van der Waals surface area contributed by atoms with E-state index in [1.54, 1.807) is 0 Å². The van der Waals surface area contributed by atoms with Crippen LogP contribution in [-0.2, 0) is 16.3 Å². The van der Waals surface area contributed by atoms with Crippen molar-refractivity contribution in [1.82, 2.24) is 0 Å². The molecule has 2 unspecified atom stereocenters. The van der Waals surface area contributed by atoms with Crippen molar-refractivity contribution < 1.29 is 8.42 Å². The summed E-state index contributed by atoms with van der Waals surface area (Å²) in [7, 11) is -2.99. The molecule has 1 fully saturated rings. The molecule has 2 rings (SSSR count). The van der Waals surface area contributed by atoms with E-state index in [1.807, 2.05) is 24.3 Å². The number of hydrogen-bond acceptors (Lipinski definition) is 2. The lowest BCUT2D eigenvalue weighted by molar-refractivity contribution is 0.529. The lowest BCUT2D eigenvalue weighted by Gasteiger charge is -2.26. The van der Waals surface area contributed by atoms with E-state index < -0.39 is 9.84 Å². The molecule has 1 aromatic carbocycles. The minimum Gasteiger partial charge on any atom is -0.228 e. The molecule has 1 aliphatic heterocycles. The summed E-state index contributed by atoms with van der Waals surface area (Å²) >= 11 is 9.71. The van der Waals surface area contributed by atoms with Gasteiger partial charge in [0.2, 0.25) is 0 Å². The molecular weight excluding hydrogens is 336 g/mol. The van der Waals surface area contributed by atoms with E-state index in [4.69, 9.17) is 11.6 Å². The summed E-state index contributed by atoms with van der Waals surface area (Å²) in [5, 5.41) is -0.701. The normalized spacial score (nSPS) is 24.7. The van der Waals surface area contributed by atoms with Crippen molar-refractivity contribution in [2.45, 2.75) is 36.3 Å². The van der Waals surface area contributed by atoms with Crippen molar-refractivity contribution in [1.29, 1.82) is 0 Å². The Morgan fingerprint density at radius 1 is 1.28 bits per heavy atom. The second-order valence-electron chi connectivity index (χ2n) is 4.75. The highest BCUT2D eigenvalue weighted by atomic mass is 79.9. The summed E-state index contributed by atoms with van der Waals surface area (Å²) in [5.41, 5.74) is 1.08. The van der Waals surface area contributed by atoms with Crippen LogP contribution in [0.3, 0.4) is 0 Å². The third kappa shape index (κ3) is 3.49. The van der Waals surface area contributed by atoms with Gasteiger partial charge in [0.15, 0.2) is 9.84 Å². The summed E-state index contributed by atoms with van der Waals surface area (Å²) in [4.78, 5) is 0. The molecule has 5 heteroatoms. The minimum absolute atomic E-state index is 0.293. The summed E-state index contributed by atoms with van der Waals surface area (Å²) in [6.07, 6.45) is 3.06. The Bertz CT molecular complexity index is 498. The molecule has 0 N–H and O–H groups in total. The SMILES string of the molecule is O=S1(=O)CCCCC1C(Cl)Cc1ccc(Br)cc1. The highest BCUT2D eigenvalue weighted by Gasteiger charge is 2.34. The van der Waals surface area contributed by atoms with Crippen LogP contribution in [0.1, 0.15) is 24.8 Å². The zero-order chi connectivity index (χ0) is 13.2. The van der Waals surface area contributed by atoms with Gasteiger partial charge in [-0.05, 0) is 37.0 Å². The molecule has 0 amide bonds. The fraction of sp³-hybridized carbons (Fsp3) is 0.538. The molecule has 2 atom stereocenters. The molecule has 0 aromatic heterocycles. The van der Waals surface area contributed by atoms with Crippen LogP contribution in [0.5, 0.6) is 0 Å². The molecule has 0 aliphatic carbocycles. The molecule has 0 spiro atoms. The number of halogens is 2. The number of alkyl halides is 1. The minimum atomic E-state index is -2.99. The summed E-state index contributed by atoms with van der Waals surface area (Å²) in [6.45, 7) is 0. The average Bonchev–Trinajstić information content (AvgIpc) is 2.31. The zero-order valence-corrected chi connectivity index (χ0v) is 13.1. The van der Waals surface area contributed by atoms with Crippen molar-refractivity contribution in [3.05, 3.63) is 34.3 Å². The smallest absolute Gasteiger partial charge is 0.154 e. The predicted molar refractivity (Wildman–Crippen MR) is 78.9 cm³/mol. The van der Waals surface area contributed by atoms with E-state index in [-0.39, 0.29) is 10.6 Å². The third-order valence-electron chi connectivity index (χ3n) is 3.38. The van der Waals surface area contributed by atoms with Gasteiger partial charge in [-0.1, -0.05) is 34.5 Å². The molecule has 0 bridgehead atoms. The fourth-order valence-corrected chi connectivity index (χ4v) is 5.38. The van der Waals surface area contributed by atoms with Gasteiger partial charge < -0.3 is 0 Å². The van der Waals surface area contributed by atoms with Gasteiger partial charge in [0.05, 0.1) is 16.4 Å². The Morgan fingerprint density at radius 2 is 1.94 bits per heavy atom. The van der Waals surface area contributed by atoms with Gasteiger partial charge in [0, 0.05) is 4.47 Å². The predicted octanol–water partition coefficient (Wildman–Crippen LogP) is 3.57. The fourth-order valence-electron chi connectivity index (χ4n) is 2.36. The first kappa shape index (κ1) is 14.4. The second kappa shape index (κ2) is 5.93. The van der Waals surface area contributed by atoms with Gasteiger partial charge in [-0.2, -0.15) is 0 Å². The Morgan fingerprint density at radius 3 is 2.56 bits per heavy atom. The van der Waals surface area contributed by atoms with Crippen molar-refractivity contribution >= 4 is 37.4 Å². The van der Waals surface area contributed by atoms with E-state index in [0.717, 1.165) is 22.9 Å². The van der Waals surface area contributed by atoms with E-state index in [1.165, 1.54) is 0 Å². The Hall–Kier alpha value is -0.0600. The molecule has 100 valence electrons. The third-order valence-corrected chi connectivity index (χ3v) is 6.86. The number of hydrogen-bond donors (Lipinski definition) is 0. The van der Waals surface area contributed by atoms with Crippen molar-refractivity contribution in [3.8, 4) is 0 Å². The van der Waals surface area contributed by atoms with E-state index in [9.17, 15) is 8.42 Å². The van der Waals surface area contributed by atoms with Gasteiger partial charge in [0.25, 0.3) is 0 Å². The molecule has 0 saturated carbocycles. The van der Waals surface area contributed by atoms with Crippen LogP contribution >= 0.6 is 27.5 Å².